The van der Waals surface area contributed by atoms with Gasteiger partial charge in [-0.05, 0) is 57.9 Å². The van der Waals surface area contributed by atoms with Crippen LogP contribution in [0.5, 0.6) is 5.75 Å². The Morgan fingerprint density at radius 2 is 1.51 bits per heavy atom. The first-order valence-corrected chi connectivity index (χ1v) is 12.0. The number of hydrogen-bond donors (Lipinski definition) is 1. The lowest BCUT2D eigenvalue weighted by Crippen LogP contribution is -2.41. The summed E-state index contributed by atoms with van der Waals surface area (Å²) in [4.78, 5) is 36.5. The zero-order valence-corrected chi connectivity index (χ0v) is 22.0. The van der Waals surface area contributed by atoms with E-state index in [0.29, 0.717) is 27.9 Å². The Morgan fingerprint density at radius 3 is 2.08 bits per heavy atom. The Labute approximate surface area is 214 Å². The molecule has 4 aromatic rings. The second-order valence-electron chi connectivity index (χ2n) is 10.3. The van der Waals surface area contributed by atoms with Gasteiger partial charge in [-0.3, -0.25) is 4.79 Å². The maximum atomic E-state index is 13.4. The van der Waals surface area contributed by atoms with Gasteiger partial charge in [-0.25, -0.2) is 14.8 Å². The Bertz CT molecular complexity index is 1650. The fourth-order valence-electron chi connectivity index (χ4n) is 4.75. The summed E-state index contributed by atoms with van der Waals surface area (Å²) in [5.41, 5.74) is 4.64. The van der Waals surface area contributed by atoms with E-state index in [-0.39, 0.29) is 11.5 Å². The summed E-state index contributed by atoms with van der Waals surface area (Å²) >= 11 is 0. The second kappa shape index (κ2) is 8.73. The quantitative estimate of drug-likeness (QED) is 0.240. The van der Waals surface area contributed by atoms with Gasteiger partial charge >= 0.3 is 11.9 Å². The van der Waals surface area contributed by atoms with Crippen LogP contribution in [-0.2, 0) is 19.1 Å². The normalized spacial score (nSPS) is 15.5. The van der Waals surface area contributed by atoms with Gasteiger partial charge in [-0.15, -0.1) is 0 Å². The van der Waals surface area contributed by atoms with E-state index in [1.54, 1.807) is 0 Å². The van der Waals surface area contributed by atoms with Crippen molar-refractivity contribution in [2.24, 2.45) is 0 Å². The number of carbonyl (C=O) groups is 2. The van der Waals surface area contributed by atoms with Crippen molar-refractivity contribution in [3.63, 3.8) is 0 Å². The summed E-state index contributed by atoms with van der Waals surface area (Å²) in [5.74, 6) is -1.90. The molecule has 0 amide bonds. The summed E-state index contributed by atoms with van der Waals surface area (Å²) in [6.07, 6.45) is 0. The van der Waals surface area contributed by atoms with Crippen LogP contribution in [0, 0.1) is 13.8 Å². The fraction of sp³-hybridized carbons (Fsp3) is 0.310. The van der Waals surface area contributed by atoms with Gasteiger partial charge in [0.2, 0.25) is 5.88 Å². The summed E-state index contributed by atoms with van der Waals surface area (Å²) in [7, 11) is 2.56. The highest BCUT2D eigenvalue weighted by atomic mass is 16.5. The maximum Gasteiger partial charge on any atom is 0.340 e. The predicted octanol–water partition coefficient (Wildman–Crippen LogP) is 4.97. The molecule has 0 radical (unpaired) electrons. The van der Waals surface area contributed by atoms with Gasteiger partial charge in [0.25, 0.3) is 0 Å². The molecule has 8 heteroatoms. The van der Waals surface area contributed by atoms with Gasteiger partial charge in [-0.2, -0.15) is 0 Å². The third-order valence-corrected chi connectivity index (χ3v) is 6.56. The first-order valence-electron chi connectivity index (χ1n) is 12.0. The van der Waals surface area contributed by atoms with Crippen molar-refractivity contribution in [3.8, 4) is 5.75 Å². The number of rotatable bonds is 3. The Kier molecular flexibility index (Phi) is 5.78. The molecule has 0 fully saturated rings. The van der Waals surface area contributed by atoms with Gasteiger partial charge in [0.05, 0.1) is 36.3 Å². The zero-order valence-electron chi connectivity index (χ0n) is 22.0. The standard InChI is InChI=1S/C29H29N3O5/c1-14-12-18-19(13-15(14)2)31-24-21-20(27(33)35-6)22(28(34)36-7)26(32-29(3,4)5)37-25(21)17-11-9-8-10-16(17)23(24)30-18/h8-13,20,32H,1-7H3. The third kappa shape index (κ3) is 4.02. The molecule has 190 valence electrons. The lowest BCUT2D eigenvalue weighted by Gasteiger charge is -2.33. The zero-order chi connectivity index (χ0) is 26.6. The van der Waals surface area contributed by atoms with Crippen LogP contribution in [0.1, 0.15) is 43.4 Å². The number of esters is 2. The lowest BCUT2D eigenvalue weighted by atomic mass is 9.85. The van der Waals surface area contributed by atoms with Crippen molar-refractivity contribution in [3.05, 3.63) is 64.5 Å². The molecule has 37 heavy (non-hydrogen) atoms. The van der Waals surface area contributed by atoms with Crippen LogP contribution in [0.4, 0.5) is 0 Å². The van der Waals surface area contributed by atoms with Crippen molar-refractivity contribution in [2.75, 3.05) is 14.2 Å². The number of carbonyl (C=O) groups excluding carboxylic acids is 2. The summed E-state index contributed by atoms with van der Waals surface area (Å²) < 4.78 is 16.8. The highest BCUT2D eigenvalue weighted by molar-refractivity contribution is 6.14. The molecule has 5 rings (SSSR count). The number of benzene rings is 3. The number of aryl methyl sites for hydroxylation is 2. The van der Waals surface area contributed by atoms with E-state index in [1.165, 1.54) is 14.2 Å². The molecule has 0 saturated carbocycles. The molecule has 1 aromatic heterocycles. The number of aromatic nitrogens is 2. The molecule has 1 N–H and O–H groups in total. The average Bonchev–Trinajstić information content (AvgIpc) is 2.86. The Hall–Kier alpha value is -4.20. The molecule has 8 nitrogen and oxygen atoms in total. The van der Waals surface area contributed by atoms with Gasteiger partial charge in [0, 0.05) is 21.9 Å². The average molecular weight is 500 g/mol. The molecule has 0 spiro atoms. The van der Waals surface area contributed by atoms with Gasteiger partial charge < -0.3 is 19.5 Å². The van der Waals surface area contributed by atoms with Crippen molar-refractivity contribution < 1.29 is 23.8 Å². The molecule has 3 aromatic carbocycles. The van der Waals surface area contributed by atoms with Crippen LogP contribution in [0.25, 0.3) is 32.8 Å². The molecule has 0 aliphatic carbocycles. The van der Waals surface area contributed by atoms with E-state index in [4.69, 9.17) is 24.2 Å². The minimum absolute atomic E-state index is 0.0235. The monoisotopic (exact) mass is 499 g/mol. The lowest BCUT2D eigenvalue weighted by molar-refractivity contribution is -0.145. The van der Waals surface area contributed by atoms with Crippen LogP contribution >= 0.6 is 0 Å². The molecule has 1 unspecified atom stereocenters. The van der Waals surface area contributed by atoms with Crippen LogP contribution in [0.3, 0.4) is 0 Å². The summed E-state index contributed by atoms with van der Waals surface area (Å²) in [6, 6.07) is 11.6. The van der Waals surface area contributed by atoms with E-state index < -0.39 is 23.4 Å². The SMILES string of the molecule is COC(=O)C1=C(NC(C)(C)C)Oc2c(c3nc4cc(C)c(C)cc4nc3c3ccccc23)C1C(=O)OC. The molecule has 1 aliphatic rings. The number of methoxy groups -OCH3 is 2. The second-order valence-corrected chi connectivity index (χ2v) is 10.3. The van der Waals surface area contributed by atoms with Crippen LogP contribution in [0.2, 0.25) is 0 Å². The van der Waals surface area contributed by atoms with Crippen LogP contribution in [0.15, 0.2) is 47.9 Å². The summed E-state index contributed by atoms with van der Waals surface area (Å²) in [5, 5.41) is 4.81. The molecule has 2 heterocycles. The fourth-order valence-corrected chi connectivity index (χ4v) is 4.75. The topological polar surface area (TPSA) is 99.6 Å². The van der Waals surface area contributed by atoms with Crippen LogP contribution in [-0.4, -0.2) is 41.7 Å². The van der Waals surface area contributed by atoms with E-state index in [0.717, 1.165) is 27.4 Å². The van der Waals surface area contributed by atoms with Crippen molar-refractivity contribution in [1.29, 1.82) is 0 Å². The van der Waals surface area contributed by atoms with E-state index >= 15 is 0 Å². The largest absolute Gasteiger partial charge is 0.468 e. The third-order valence-electron chi connectivity index (χ3n) is 6.56. The molecular formula is C29H29N3O5. The molecular weight excluding hydrogens is 470 g/mol. The molecule has 1 aliphatic heterocycles. The first-order chi connectivity index (χ1) is 17.5. The molecule has 0 bridgehead atoms. The molecule has 0 saturated heterocycles. The van der Waals surface area contributed by atoms with Crippen molar-refractivity contribution >= 4 is 44.8 Å². The minimum atomic E-state index is -1.14. The van der Waals surface area contributed by atoms with Gasteiger partial charge in [0.1, 0.15) is 17.2 Å². The highest BCUT2D eigenvalue weighted by Crippen LogP contribution is 2.48. The van der Waals surface area contributed by atoms with Crippen molar-refractivity contribution in [2.45, 2.75) is 46.1 Å². The van der Waals surface area contributed by atoms with Gasteiger partial charge in [0.15, 0.2) is 0 Å². The Morgan fingerprint density at radius 1 is 0.919 bits per heavy atom. The Balaban J connectivity index is 1.96. The van der Waals surface area contributed by atoms with Crippen molar-refractivity contribution in [1.82, 2.24) is 15.3 Å². The highest BCUT2D eigenvalue weighted by Gasteiger charge is 2.44. The first kappa shape index (κ1) is 24.5. The van der Waals surface area contributed by atoms with Crippen LogP contribution < -0.4 is 10.1 Å². The number of fused-ring (bicyclic) bond motifs is 7. The summed E-state index contributed by atoms with van der Waals surface area (Å²) in [6.45, 7) is 9.84. The van der Waals surface area contributed by atoms with E-state index in [1.807, 2.05) is 71.0 Å². The van der Waals surface area contributed by atoms with E-state index in [2.05, 4.69) is 5.32 Å². The van der Waals surface area contributed by atoms with E-state index in [9.17, 15) is 9.59 Å². The maximum absolute atomic E-state index is 13.4. The number of ether oxygens (including phenoxy) is 3. The minimum Gasteiger partial charge on any atom is -0.468 e. The number of nitrogens with one attached hydrogen (secondary N) is 1. The number of hydrogen-bond acceptors (Lipinski definition) is 8. The number of nitrogens with zero attached hydrogens (tertiary/aromatic N) is 2. The smallest absolute Gasteiger partial charge is 0.340 e. The molecule has 1 atom stereocenters. The predicted molar refractivity (Wildman–Crippen MR) is 141 cm³/mol. The van der Waals surface area contributed by atoms with Gasteiger partial charge in [-0.1, -0.05) is 24.3 Å².